The largest absolute Gasteiger partial charge is 0.464 e. The lowest BCUT2D eigenvalue weighted by molar-refractivity contribution is 0.166. The molecule has 1 fully saturated rings. The van der Waals surface area contributed by atoms with Crippen LogP contribution in [0.3, 0.4) is 0 Å². The Hall–Kier alpha value is -1.32. The lowest BCUT2D eigenvalue weighted by Crippen LogP contribution is -2.45. The van der Waals surface area contributed by atoms with Crippen molar-refractivity contribution in [3.05, 3.63) is 36.1 Å². The van der Waals surface area contributed by atoms with Gasteiger partial charge in [-0.15, -0.1) is 0 Å². The highest BCUT2D eigenvalue weighted by molar-refractivity contribution is 5.80. The molecule has 3 nitrogen and oxygen atoms in total. The van der Waals surface area contributed by atoms with E-state index in [1.54, 1.807) is 0 Å². The van der Waals surface area contributed by atoms with Crippen molar-refractivity contribution in [3.63, 3.8) is 0 Å². The Morgan fingerprint density at radius 2 is 2.26 bits per heavy atom. The van der Waals surface area contributed by atoms with Crippen molar-refractivity contribution >= 4 is 11.0 Å². The summed E-state index contributed by atoms with van der Waals surface area (Å²) in [7, 11) is 0. The van der Waals surface area contributed by atoms with Crippen LogP contribution in [0.4, 0.5) is 0 Å². The van der Waals surface area contributed by atoms with Crippen LogP contribution in [0.5, 0.6) is 0 Å². The summed E-state index contributed by atoms with van der Waals surface area (Å²) < 4.78 is 5.64. The summed E-state index contributed by atoms with van der Waals surface area (Å²) in [6.45, 7) is 6.61. The monoisotopic (exact) mass is 258 g/mol. The first-order chi connectivity index (χ1) is 9.38. The molecule has 1 aromatic carbocycles. The summed E-state index contributed by atoms with van der Waals surface area (Å²) in [6.07, 6.45) is 4.51. The fraction of sp³-hybridized carbons (Fsp3) is 0.500. The van der Waals surface area contributed by atoms with E-state index in [0.717, 1.165) is 25.2 Å². The van der Waals surface area contributed by atoms with Crippen LogP contribution in [0.2, 0.25) is 0 Å². The van der Waals surface area contributed by atoms with Crippen LogP contribution in [0, 0.1) is 0 Å². The van der Waals surface area contributed by atoms with Crippen molar-refractivity contribution < 1.29 is 4.42 Å². The number of furan rings is 1. The normalized spacial score (nSPS) is 20.2. The highest BCUT2D eigenvalue weighted by Gasteiger charge is 2.20. The van der Waals surface area contributed by atoms with Crippen molar-refractivity contribution in [1.29, 1.82) is 0 Å². The van der Waals surface area contributed by atoms with E-state index in [2.05, 4.69) is 29.3 Å². The zero-order chi connectivity index (χ0) is 13.1. The maximum Gasteiger partial charge on any atom is 0.134 e. The minimum atomic E-state index is 0.660. The summed E-state index contributed by atoms with van der Waals surface area (Å²) in [5.74, 6) is 0. The van der Waals surface area contributed by atoms with Crippen LogP contribution in [0.15, 0.2) is 34.9 Å². The predicted octanol–water partition coefficient (Wildman–Crippen LogP) is 3.01. The molecule has 1 unspecified atom stereocenters. The number of nitrogens with one attached hydrogen (secondary N) is 1. The average molecular weight is 258 g/mol. The number of benzene rings is 1. The maximum absolute atomic E-state index is 5.64. The van der Waals surface area contributed by atoms with Gasteiger partial charge in [0.25, 0.3) is 0 Å². The number of fused-ring (bicyclic) bond motifs is 1. The quantitative estimate of drug-likeness (QED) is 0.914. The first kappa shape index (κ1) is 12.7. The van der Waals surface area contributed by atoms with Crippen molar-refractivity contribution in [2.45, 2.75) is 32.4 Å². The molecule has 0 radical (unpaired) electrons. The summed E-state index contributed by atoms with van der Waals surface area (Å²) in [5.41, 5.74) is 2.30. The van der Waals surface area contributed by atoms with Crippen LogP contribution >= 0.6 is 0 Å². The number of hydrogen-bond donors (Lipinski definition) is 1. The van der Waals surface area contributed by atoms with Gasteiger partial charge in [-0.2, -0.15) is 0 Å². The second-order valence-corrected chi connectivity index (χ2v) is 5.32. The van der Waals surface area contributed by atoms with Crippen molar-refractivity contribution in [2.75, 3.05) is 19.6 Å². The molecule has 1 aliphatic rings. The summed E-state index contributed by atoms with van der Waals surface area (Å²) in [5, 5.41) is 4.76. The standard InChI is InChI=1S/C16H22N2O/c1-2-18(14-6-5-9-17-10-14)11-13-12-19-16-8-4-3-7-15(13)16/h3-4,7-8,12,14,17H,2,5-6,9-11H2,1H3. The molecule has 3 rings (SSSR count). The highest BCUT2D eigenvalue weighted by Crippen LogP contribution is 2.23. The molecule has 0 saturated carbocycles. The van der Waals surface area contributed by atoms with Crippen LogP contribution in [-0.2, 0) is 6.54 Å². The van der Waals surface area contributed by atoms with Gasteiger partial charge in [-0.1, -0.05) is 25.1 Å². The number of para-hydroxylation sites is 1. The third kappa shape index (κ3) is 2.67. The Bertz CT molecular complexity index is 528. The lowest BCUT2D eigenvalue weighted by Gasteiger charge is -2.33. The first-order valence-electron chi connectivity index (χ1n) is 7.28. The zero-order valence-electron chi connectivity index (χ0n) is 11.6. The topological polar surface area (TPSA) is 28.4 Å². The Balaban J connectivity index is 1.78. The maximum atomic E-state index is 5.64. The smallest absolute Gasteiger partial charge is 0.134 e. The molecular weight excluding hydrogens is 236 g/mol. The predicted molar refractivity (Wildman–Crippen MR) is 78.2 cm³/mol. The van der Waals surface area contributed by atoms with Gasteiger partial charge in [0.05, 0.1) is 6.26 Å². The van der Waals surface area contributed by atoms with Gasteiger partial charge < -0.3 is 9.73 Å². The molecule has 0 aliphatic carbocycles. The van der Waals surface area contributed by atoms with Crippen LogP contribution < -0.4 is 5.32 Å². The molecule has 0 spiro atoms. The third-order valence-corrected chi connectivity index (χ3v) is 4.13. The van der Waals surface area contributed by atoms with Gasteiger partial charge in [0.2, 0.25) is 0 Å². The fourth-order valence-electron chi connectivity index (χ4n) is 3.02. The van der Waals surface area contributed by atoms with Gasteiger partial charge in [0, 0.05) is 30.1 Å². The van der Waals surface area contributed by atoms with Gasteiger partial charge in [-0.25, -0.2) is 0 Å². The average Bonchev–Trinajstić information content (AvgIpc) is 2.89. The Morgan fingerprint density at radius 3 is 3.05 bits per heavy atom. The number of hydrogen-bond acceptors (Lipinski definition) is 3. The van der Waals surface area contributed by atoms with E-state index in [4.69, 9.17) is 4.42 Å². The zero-order valence-corrected chi connectivity index (χ0v) is 11.6. The summed E-state index contributed by atoms with van der Waals surface area (Å²) in [4.78, 5) is 2.56. The van der Waals surface area contributed by atoms with Gasteiger partial charge >= 0.3 is 0 Å². The van der Waals surface area contributed by atoms with E-state index in [1.807, 2.05) is 18.4 Å². The van der Waals surface area contributed by atoms with E-state index < -0.39 is 0 Å². The second-order valence-electron chi connectivity index (χ2n) is 5.32. The number of likely N-dealkylation sites (N-methyl/N-ethyl adjacent to an activating group) is 1. The first-order valence-corrected chi connectivity index (χ1v) is 7.28. The lowest BCUT2D eigenvalue weighted by atomic mass is 10.0. The molecule has 1 aromatic heterocycles. The van der Waals surface area contributed by atoms with E-state index in [0.29, 0.717) is 6.04 Å². The summed E-state index contributed by atoms with van der Waals surface area (Å²) in [6, 6.07) is 8.96. The van der Waals surface area contributed by atoms with E-state index in [9.17, 15) is 0 Å². The third-order valence-electron chi connectivity index (χ3n) is 4.13. The van der Waals surface area contributed by atoms with Gasteiger partial charge in [-0.05, 0) is 32.0 Å². The van der Waals surface area contributed by atoms with Crippen LogP contribution in [0.1, 0.15) is 25.3 Å². The fourth-order valence-corrected chi connectivity index (χ4v) is 3.02. The van der Waals surface area contributed by atoms with Crippen molar-refractivity contribution in [2.24, 2.45) is 0 Å². The molecular formula is C16H22N2O. The van der Waals surface area contributed by atoms with E-state index >= 15 is 0 Å². The number of piperidine rings is 1. The molecule has 1 aliphatic heterocycles. The molecule has 1 atom stereocenters. The number of nitrogens with zero attached hydrogens (tertiary/aromatic N) is 1. The Kier molecular flexibility index (Phi) is 3.85. The Labute approximate surface area is 114 Å². The highest BCUT2D eigenvalue weighted by atomic mass is 16.3. The molecule has 0 bridgehead atoms. The molecule has 19 heavy (non-hydrogen) atoms. The molecule has 3 heteroatoms. The SMILES string of the molecule is CCN(Cc1coc2ccccc12)C1CCCNC1. The molecule has 1 N–H and O–H groups in total. The number of rotatable bonds is 4. The van der Waals surface area contributed by atoms with Crippen LogP contribution in [0.25, 0.3) is 11.0 Å². The van der Waals surface area contributed by atoms with E-state index in [-0.39, 0.29) is 0 Å². The molecule has 2 aromatic rings. The van der Waals surface area contributed by atoms with Gasteiger partial charge in [-0.3, -0.25) is 4.90 Å². The second kappa shape index (κ2) is 5.76. The molecule has 2 heterocycles. The molecule has 1 saturated heterocycles. The summed E-state index contributed by atoms with van der Waals surface area (Å²) >= 11 is 0. The van der Waals surface area contributed by atoms with E-state index in [1.165, 1.54) is 30.3 Å². The van der Waals surface area contributed by atoms with Crippen molar-refractivity contribution in [3.8, 4) is 0 Å². The minimum Gasteiger partial charge on any atom is -0.464 e. The van der Waals surface area contributed by atoms with Crippen molar-refractivity contribution in [1.82, 2.24) is 10.2 Å². The Morgan fingerprint density at radius 1 is 1.37 bits per heavy atom. The van der Waals surface area contributed by atoms with Gasteiger partial charge in [0.15, 0.2) is 0 Å². The molecule has 102 valence electrons. The van der Waals surface area contributed by atoms with Crippen LogP contribution in [-0.4, -0.2) is 30.6 Å². The minimum absolute atomic E-state index is 0.660. The molecule has 0 amide bonds. The van der Waals surface area contributed by atoms with Gasteiger partial charge in [0.1, 0.15) is 5.58 Å².